The molecule has 20 heavy (non-hydrogen) atoms. The number of carbonyl (C=O) groups is 1. The third-order valence-electron chi connectivity index (χ3n) is 4.08. The molecule has 1 atom stereocenters. The molecule has 0 radical (unpaired) electrons. The van der Waals surface area contributed by atoms with Crippen molar-refractivity contribution in [1.82, 2.24) is 4.90 Å². The molecule has 2 rings (SSSR count). The Morgan fingerprint density at radius 3 is 2.50 bits per heavy atom. The number of halogens is 1. The zero-order chi connectivity index (χ0) is 15.0. The smallest absolute Gasteiger partial charge is 0.246 e. The fourth-order valence-corrected chi connectivity index (χ4v) is 3.11. The number of nitrogens with zero attached hydrogens (tertiary/aromatic N) is 1. The highest BCUT2D eigenvalue weighted by Crippen LogP contribution is 2.31. The number of rotatable bonds is 2. The number of amides is 1. The van der Waals surface area contributed by atoms with Gasteiger partial charge in [-0.1, -0.05) is 41.9 Å². The molecular formula is C16H23BrN2O. The van der Waals surface area contributed by atoms with E-state index in [0.29, 0.717) is 0 Å². The Kier molecular flexibility index (Phi) is 4.26. The maximum Gasteiger partial charge on any atom is 0.246 e. The van der Waals surface area contributed by atoms with Gasteiger partial charge in [0.15, 0.2) is 0 Å². The average molecular weight is 339 g/mol. The molecule has 4 heteroatoms. The summed E-state index contributed by atoms with van der Waals surface area (Å²) in [5, 5.41) is 0. The lowest BCUT2D eigenvalue weighted by Crippen LogP contribution is -2.54. The van der Waals surface area contributed by atoms with E-state index < -0.39 is 5.54 Å². The first-order chi connectivity index (χ1) is 9.22. The minimum atomic E-state index is -0.964. The van der Waals surface area contributed by atoms with Crippen molar-refractivity contribution < 1.29 is 4.79 Å². The van der Waals surface area contributed by atoms with Gasteiger partial charge >= 0.3 is 0 Å². The molecule has 3 nitrogen and oxygen atoms in total. The van der Waals surface area contributed by atoms with E-state index in [4.69, 9.17) is 5.73 Å². The summed E-state index contributed by atoms with van der Waals surface area (Å²) in [7, 11) is 0. The second-order valence-electron chi connectivity index (χ2n) is 6.70. The zero-order valence-corrected chi connectivity index (χ0v) is 14.0. The molecule has 1 heterocycles. The van der Waals surface area contributed by atoms with Gasteiger partial charge < -0.3 is 10.6 Å². The van der Waals surface area contributed by atoms with Gasteiger partial charge in [-0.3, -0.25) is 4.79 Å². The minimum absolute atomic E-state index is 0.0209. The van der Waals surface area contributed by atoms with E-state index in [1.807, 2.05) is 29.2 Å². The predicted octanol–water partition coefficient (Wildman–Crippen LogP) is 3.27. The van der Waals surface area contributed by atoms with Crippen molar-refractivity contribution in [2.24, 2.45) is 11.1 Å². The van der Waals surface area contributed by atoms with E-state index in [2.05, 4.69) is 29.8 Å². The predicted molar refractivity (Wildman–Crippen MR) is 85.3 cm³/mol. The largest absolute Gasteiger partial charge is 0.340 e. The molecule has 1 amide bonds. The van der Waals surface area contributed by atoms with Crippen LogP contribution in [0.25, 0.3) is 0 Å². The highest BCUT2D eigenvalue weighted by atomic mass is 79.9. The number of hydrogen-bond acceptors (Lipinski definition) is 2. The first kappa shape index (κ1) is 15.5. The normalized spacial score (nSPS) is 21.4. The number of hydrogen-bond donors (Lipinski definition) is 1. The Labute approximate surface area is 129 Å². The molecule has 1 aliphatic heterocycles. The maximum absolute atomic E-state index is 12.8. The summed E-state index contributed by atoms with van der Waals surface area (Å²) in [6, 6.07) is 7.68. The van der Waals surface area contributed by atoms with Crippen LogP contribution in [0.4, 0.5) is 0 Å². The highest BCUT2D eigenvalue weighted by Gasteiger charge is 2.38. The third-order valence-corrected chi connectivity index (χ3v) is 4.60. The van der Waals surface area contributed by atoms with Gasteiger partial charge in [0.2, 0.25) is 5.91 Å². The van der Waals surface area contributed by atoms with Crippen LogP contribution in [0, 0.1) is 5.41 Å². The fraction of sp³-hybridized carbons (Fsp3) is 0.562. The van der Waals surface area contributed by atoms with Crippen LogP contribution in [0.1, 0.15) is 39.2 Å². The number of piperidine rings is 1. The van der Waals surface area contributed by atoms with Crippen molar-refractivity contribution in [3.05, 3.63) is 34.3 Å². The lowest BCUT2D eigenvalue weighted by molar-refractivity contribution is -0.139. The minimum Gasteiger partial charge on any atom is -0.340 e. The molecule has 0 saturated carbocycles. The van der Waals surface area contributed by atoms with Gasteiger partial charge in [-0.15, -0.1) is 0 Å². The van der Waals surface area contributed by atoms with Crippen molar-refractivity contribution in [3.63, 3.8) is 0 Å². The van der Waals surface area contributed by atoms with E-state index >= 15 is 0 Å². The Balaban J connectivity index is 2.20. The van der Waals surface area contributed by atoms with Crippen LogP contribution in [0.5, 0.6) is 0 Å². The summed E-state index contributed by atoms with van der Waals surface area (Å²) in [4.78, 5) is 14.7. The van der Waals surface area contributed by atoms with E-state index in [9.17, 15) is 4.79 Å². The molecule has 110 valence electrons. The summed E-state index contributed by atoms with van der Waals surface area (Å²) in [5.74, 6) is 0.0209. The van der Waals surface area contributed by atoms with Crippen LogP contribution in [0.2, 0.25) is 0 Å². The van der Waals surface area contributed by atoms with Crippen LogP contribution in [0.3, 0.4) is 0 Å². The molecule has 2 N–H and O–H groups in total. The first-order valence-electron chi connectivity index (χ1n) is 7.07. The second kappa shape index (κ2) is 5.49. The highest BCUT2D eigenvalue weighted by molar-refractivity contribution is 9.10. The number of likely N-dealkylation sites (tertiary alicyclic amines) is 1. The van der Waals surface area contributed by atoms with Gasteiger partial charge in [-0.2, -0.15) is 0 Å². The Hall–Kier alpha value is -0.870. The maximum atomic E-state index is 12.8. The molecule has 1 aliphatic rings. The molecule has 1 saturated heterocycles. The SMILES string of the molecule is CC1(C)CCCN(C(=O)C(C)(N)c2ccc(Br)cc2)C1. The molecule has 1 fully saturated rings. The van der Waals surface area contributed by atoms with Crippen molar-refractivity contribution in [1.29, 1.82) is 0 Å². The van der Waals surface area contributed by atoms with Crippen LogP contribution in [-0.4, -0.2) is 23.9 Å². The zero-order valence-electron chi connectivity index (χ0n) is 12.4. The van der Waals surface area contributed by atoms with Gasteiger partial charge in [0.05, 0.1) is 0 Å². The first-order valence-corrected chi connectivity index (χ1v) is 7.86. The molecule has 0 bridgehead atoms. The summed E-state index contributed by atoms with van der Waals surface area (Å²) in [6.07, 6.45) is 2.21. The van der Waals surface area contributed by atoms with Crippen LogP contribution in [0.15, 0.2) is 28.7 Å². The van der Waals surface area contributed by atoms with E-state index in [0.717, 1.165) is 36.0 Å². The average Bonchev–Trinajstić information content (AvgIpc) is 2.37. The monoisotopic (exact) mass is 338 g/mol. The van der Waals surface area contributed by atoms with E-state index in [1.165, 1.54) is 0 Å². The summed E-state index contributed by atoms with van der Waals surface area (Å²) in [5.41, 5.74) is 6.42. The number of benzene rings is 1. The Morgan fingerprint density at radius 2 is 1.95 bits per heavy atom. The van der Waals surface area contributed by atoms with Crippen LogP contribution < -0.4 is 5.73 Å². The molecule has 0 aliphatic carbocycles. The van der Waals surface area contributed by atoms with E-state index in [1.54, 1.807) is 6.92 Å². The molecule has 0 aromatic heterocycles. The molecular weight excluding hydrogens is 316 g/mol. The lowest BCUT2D eigenvalue weighted by atomic mass is 9.82. The third kappa shape index (κ3) is 3.23. The summed E-state index contributed by atoms with van der Waals surface area (Å²) in [6.45, 7) is 7.82. The molecule has 1 aromatic carbocycles. The Bertz CT molecular complexity index is 494. The fourth-order valence-electron chi connectivity index (χ4n) is 2.84. The van der Waals surface area contributed by atoms with Gasteiger partial charge in [-0.05, 0) is 42.9 Å². The van der Waals surface area contributed by atoms with Crippen molar-refractivity contribution in [3.8, 4) is 0 Å². The van der Waals surface area contributed by atoms with Crippen molar-refractivity contribution >= 4 is 21.8 Å². The summed E-state index contributed by atoms with van der Waals surface area (Å²) >= 11 is 3.40. The van der Waals surface area contributed by atoms with Gasteiger partial charge in [0, 0.05) is 17.6 Å². The number of nitrogens with two attached hydrogens (primary N) is 1. The molecule has 1 aromatic rings. The van der Waals surface area contributed by atoms with Gasteiger partial charge in [-0.25, -0.2) is 0 Å². The standard InChI is InChI=1S/C16H23BrN2O/c1-15(2)9-4-10-19(11-15)14(20)16(3,18)12-5-7-13(17)8-6-12/h5-8H,4,9-11,18H2,1-3H3. The molecule has 0 spiro atoms. The van der Waals surface area contributed by atoms with Gasteiger partial charge in [0.25, 0.3) is 0 Å². The summed E-state index contributed by atoms with van der Waals surface area (Å²) < 4.78 is 0.989. The second-order valence-corrected chi connectivity index (χ2v) is 7.62. The lowest BCUT2D eigenvalue weighted by Gasteiger charge is -2.41. The van der Waals surface area contributed by atoms with E-state index in [-0.39, 0.29) is 11.3 Å². The topological polar surface area (TPSA) is 46.3 Å². The van der Waals surface area contributed by atoms with Crippen LogP contribution >= 0.6 is 15.9 Å². The van der Waals surface area contributed by atoms with Crippen molar-refractivity contribution in [2.45, 2.75) is 39.2 Å². The van der Waals surface area contributed by atoms with Gasteiger partial charge in [0.1, 0.15) is 5.54 Å². The van der Waals surface area contributed by atoms with Crippen LogP contribution in [-0.2, 0) is 10.3 Å². The quantitative estimate of drug-likeness (QED) is 0.899. The Morgan fingerprint density at radius 1 is 1.35 bits per heavy atom. The van der Waals surface area contributed by atoms with Crippen molar-refractivity contribution in [2.75, 3.05) is 13.1 Å². The molecule has 1 unspecified atom stereocenters. The number of carbonyl (C=O) groups excluding carboxylic acids is 1.